The van der Waals surface area contributed by atoms with Crippen molar-refractivity contribution in [1.82, 2.24) is 5.32 Å². The van der Waals surface area contributed by atoms with Crippen LogP contribution in [0.25, 0.3) is 0 Å². The smallest absolute Gasteiger partial charge is 0.232 e. The van der Waals surface area contributed by atoms with E-state index in [0.29, 0.717) is 5.69 Å². The highest BCUT2D eigenvalue weighted by Gasteiger charge is 2.19. The number of carbonyl (C=O) groups excluding carboxylic acids is 1. The number of aryl methyl sites for hydroxylation is 2. The Morgan fingerprint density at radius 1 is 1.04 bits per heavy atom. The number of sulfonamides is 1. The second kappa shape index (κ2) is 8.85. The molecule has 1 N–H and O–H groups in total. The highest BCUT2D eigenvalue weighted by molar-refractivity contribution is 7.92. The Bertz CT molecular complexity index is 863. The molecule has 0 saturated heterocycles. The van der Waals surface area contributed by atoms with Gasteiger partial charge in [0.05, 0.1) is 24.9 Å². The van der Waals surface area contributed by atoms with Crippen LogP contribution >= 0.6 is 0 Å². The minimum atomic E-state index is -3.43. The highest BCUT2D eigenvalue weighted by atomic mass is 32.2. The number of hydrogen-bond donors (Lipinski definition) is 1. The van der Waals surface area contributed by atoms with Gasteiger partial charge in [0, 0.05) is 6.54 Å². The molecular weight excluding hydrogens is 348 g/mol. The molecule has 2 rings (SSSR count). The molecule has 0 heterocycles. The molecule has 2 aromatic carbocycles. The summed E-state index contributed by atoms with van der Waals surface area (Å²) in [4.78, 5) is 12.2. The van der Waals surface area contributed by atoms with Crippen molar-refractivity contribution in [3.63, 3.8) is 0 Å². The molecule has 6 heteroatoms. The van der Waals surface area contributed by atoms with Crippen LogP contribution < -0.4 is 9.62 Å². The number of anilines is 1. The molecule has 2 aromatic rings. The molecule has 0 aliphatic heterocycles. The van der Waals surface area contributed by atoms with Crippen molar-refractivity contribution in [2.75, 3.05) is 23.7 Å². The lowest BCUT2D eigenvalue weighted by Gasteiger charge is -2.25. The van der Waals surface area contributed by atoms with Crippen LogP contribution in [0.1, 0.15) is 23.6 Å². The first-order valence-corrected chi connectivity index (χ1v) is 10.5. The van der Waals surface area contributed by atoms with Crippen molar-refractivity contribution in [2.24, 2.45) is 0 Å². The second-order valence-corrected chi connectivity index (χ2v) is 8.18. The average Bonchev–Trinajstić information content (AvgIpc) is 2.60. The van der Waals surface area contributed by atoms with Crippen molar-refractivity contribution >= 4 is 21.6 Å². The Balaban J connectivity index is 2.02. The SMILES string of the molecule is CCc1ccccc1N(CCNC(=O)Cc1ccccc1C)S(C)(=O)=O. The molecule has 0 unspecified atom stereocenters. The second-order valence-electron chi connectivity index (χ2n) is 6.27. The fourth-order valence-electron chi connectivity index (χ4n) is 2.86. The summed E-state index contributed by atoms with van der Waals surface area (Å²) in [5, 5.41) is 2.82. The minimum Gasteiger partial charge on any atom is -0.354 e. The van der Waals surface area contributed by atoms with Crippen LogP contribution in [-0.2, 0) is 27.7 Å². The van der Waals surface area contributed by atoms with Gasteiger partial charge in [0.1, 0.15) is 0 Å². The lowest BCUT2D eigenvalue weighted by molar-refractivity contribution is -0.120. The number of carbonyl (C=O) groups is 1. The Morgan fingerprint density at radius 2 is 1.65 bits per heavy atom. The third-order valence-corrected chi connectivity index (χ3v) is 5.47. The summed E-state index contributed by atoms with van der Waals surface area (Å²) >= 11 is 0. The zero-order valence-electron chi connectivity index (χ0n) is 15.5. The molecule has 26 heavy (non-hydrogen) atoms. The van der Waals surface area contributed by atoms with Gasteiger partial charge in [0.2, 0.25) is 15.9 Å². The van der Waals surface area contributed by atoms with E-state index in [-0.39, 0.29) is 25.4 Å². The van der Waals surface area contributed by atoms with Gasteiger partial charge >= 0.3 is 0 Å². The van der Waals surface area contributed by atoms with Crippen LogP contribution in [0.15, 0.2) is 48.5 Å². The van der Waals surface area contributed by atoms with Gasteiger partial charge in [-0.15, -0.1) is 0 Å². The largest absolute Gasteiger partial charge is 0.354 e. The van der Waals surface area contributed by atoms with Crippen LogP contribution in [0.3, 0.4) is 0 Å². The Morgan fingerprint density at radius 3 is 2.27 bits per heavy atom. The normalized spacial score (nSPS) is 11.2. The van der Waals surface area contributed by atoms with Crippen LogP contribution in [-0.4, -0.2) is 33.7 Å². The predicted octanol–water partition coefficient (Wildman–Crippen LogP) is 2.68. The molecule has 5 nitrogen and oxygen atoms in total. The van der Waals surface area contributed by atoms with Gasteiger partial charge in [0.15, 0.2) is 0 Å². The molecule has 0 aromatic heterocycles. The Labute approximate surface area is 156 Å². The zero-order valence-corrected chi connectivity index (χ0v) is 16.3. The summed E-state index contributed by atoms with van der Waals surface area (Å²) in [5.74, 6) is -0.114. The number of amides is 1. The van der Waals surface area contributed by atoms with E-state index in [9.17, 15) is 13.2 Å². The monoisotopic (exact) mass is 374 g/mol. The van der Waals surface area contributed by atoms with Gasteiger partial charge in [-0.1, -0.05) is 49.4 Å². The fourth-order valence-corrected chi connectivity index (χ4v) is 3.82. The molecule has 0 aliphatic rings. The van der Waals surface area contributed by atoms with Crippen LogP contribution in [0.4, 0.5) is 5.69 Å². The summed E-state index contributed by atoms with van der Waals surface area (Å²) in [5.41, 5.74) is 3.67. The molecule has 0 atom stereocenters. The van der Waals surface area contributed by atoms with E-state index < -0.39 is 10.0 Å². The minimum absolute atomic E-state index is 0.114. The number of para-hydroxylation sites is 1. The number of nitrogens with zero attached hydrogens (tertiary/aromatic N) is 1. The standard InChI is InChI=1S/C20H26N2O3S/c1-4-17-10-7-8-12-19(17)22(26(3,24)25)14-13-21-20(23)15-18-11-6-5-9-16(18)2/h5-12H,4,13-15H2,1-3H3,(H,21,23). The van der Waals surface area contributed by atoms with Crippen molar-refractivity contribution < 1.29 is 13.2 Å². The van der Waals surface area contributed by atoms with Gasteiger partial charge in [0.25, 0.3) is 0 Å². The Hall–Kier alpha value is -2.34. The maximum atomic E-state index is 12.2. The van der Waals surface area contributed by atoms with Gasteiger partial charge in [-0.2, -0.15) is 0 Å². The zero-order chi connectivity index (χ0) is 19.2. The molecule has 0 aliphatic carbocycles. The van der Waals surface area contributed by atoms with Crippen LogP contribution in [0, 0.1) is 6.92 Å². The van der Waals surface area contributed by atoms with Crippen molar-refractivity contribution in [3.05, 3.63) is 65.2 Å². The van der Waals surface area contributed by atoms with Gasteiger partial charge in [-0.3, -0.25) is 9.10 Å². The van der Waals surface area contributed by atoms with E-state index >= 15 is 0 Å². The molecule has 0 spiro atoms. The number of rotatable bonds is 8. The number of nitrogens with one attached hydrogen (secondary N) is 1. The molecule has 0 radical (unpaired) electrons. The first-order chi connectivity index (χ1) is 12.3. The average molecular weight is 375 g/mol. The van der Waals surface area contributed by atoms with E-state index in [2.05, 4.69) is 5.32 Å². The topological polar surface area (TPSA) is 66.5 Å². The van der Waals surface area contributed by atoms with Crippen LogP contribution in [0.5, 0.6) is 0 Å². The fraction of sp³-hybridized carbons (Fsp3) is 0.350. The van der Waals surface area contributed by atoms with Crippen molar-refractivity contribution in [3.8, 4) is 0 Å². The summed E-state index contributed by atoms with van der Waals surface area (Å²) in [7, 11) is -3.43. The van der Waals surface area contributed by atoms with E-state index in [1.54, 1.807) is 6.07 Å². The summed E-state index contributed by atoms with van der Waals surface area (Å²) in [6.07, 6.45) is 2.22. The van der Waals surface area contributed by atoms with Gasteiger partial charge < -0.3 is 5.32 Å². The maximum Gasteiger partial charge on any atom is 0.232 e. The Kier molecular flexibility index (Phi) is 6.80. The van der Waals surface area contributed by atoms with Gasteiger partial charge in [-0.25, -0.2) is 8.42 Å². The maximum absolute atomic E-state index is 12.2. The van der Waals surface area contributed by atoms with Gasteiger partial charge in [-0.05, 0) is 36.1 Å². The van der Waals surface area contributed by atoms with E-state index in [1.807, 2.05) is 56.3 Å². The molecule has 0 saturated carbocycles. The lowest BCUT2D eigenvalue weighted by atomic mass is 10.1. The quantitative estimate of drug-likeness (QED) is 0.772. The first-order valence-electron chi connectivity index (χ1n) is 8.69. The molecule has 0 bridgehead atoms. The summed E-state index contributed by atoms with van der Waals surface area (Å²) in [6.45, 7) is 4.42. The third kappa shape index (κ3) is 5.33. The molecular formula is C20H26N2O3S. The summed E-state index contributed by atoms with van der Waals surface area (Å²) < 4.78 is 25.8. The third-order valence-electron chi connectivity index (χ3n) is 4.29. The van der Waals surface area contributed by atoms with E-state index in [4.69, 9.17) is 0 Å². The van der Waals surface area contributed by atoms with E-state index in [1.165, 1.54) is 10.6 Å². The van der Waals surface area contributed by atoms with Crippen LogP contribution in [0.2, 0.25) is 0 Å². The first kappa shape index (κ1) is 20.0. The molecule has 0 fully saturated rings. The molecule has 140 valence electrons. The number of hydrogen-bond acceptors (Lipinski definition) is 3. The summed E-state index contributed by atoms with van der Waals surface area (Å²) in [6, 6.07) is 15.2. The van der Waals surface area contributed by atoms with E-state index in [0.717, 1.165) is 23.1 Å². The van der Waals surface area contributed by atoms with Crippen molar-refractivity contribution in [1.29, 1.82) is 0 Å². The predicted molar refractivity (Wildman–Crippen MR) is 106 cm³/mol. The van der Waals surface area contributed by atoms with Crippen molar-refractivity contribution in [2.45, 2.75) is 26.7 Å². The highest BCUT2D eigenvalue weighted by Crippen LogP contribution is 2.22. The number of benzene rings is 2. The lowest BCUT2D eigenvalue weighted by Crippen LogP contribution is -2.39. The molecule has 1 amide bonds.